The maximum absolute atomic E-state index is 10.5. The van der Waals surface area contributed by atoms with Gasteiger partial charge in [0, 0.05) is 18.7 Å². The van der Waals surface area contributed by atoms with Gasteiger partial charge in [-0.25, -0.2) is 0 Å². The molecule has 1 aromatic carbocycles. The lowest BCUT2D eigenvalue weighted by atomic mass is 10.2. The van der Waals surface area contributed by atoms with Crippen LogP contribution >= 0.6 is 0 Å². The average molecular weight is 221 g/mol. The Morgan fingerprint density at radius 3 is 2.81 bits per heavy atom. The number of nitro groups is 1. The summed E-state index contributed by atoms with van der Waals surface area (Å²) in [4.78, 5) is 10.1. The molecular weight excluding hydrogens is 206 g/mol. The van der Waals surface area contributed by atoms with E-state index in [0.29, 0.717) is 5.69 Å². The third-order valence-electron chi connectivity index (χ3n) is 3.08. The number of nitrogens with one attached hydrogen (secondary N) is 1. The lowest BCUT2D eigenvalue weighted by Crippen LogP contribution is -2.06. The van der Waals surface area contributed by atoms with Crippen LogP contribution in [0, 0.1) is 22.0 Å². The Hall–Kier alpha value is -1.78. The first-order chi connectivity index (χ1) is 7.58. The van der Waals surface area contributed by atoms with Crippen LogP contribution < -0.4 is 11.1 Å². The van der Waals surface area contributed by atoms with Crippen molar-refractivity contribution >= 4 is 17.1 Å². The number of nitrogens with zero attached hydrogens (tertiary/aromatic N) is 1. The van der Waals surface area contributed by atoms with Gasteiger partial charge >= 0.3 is 0 Å². The van der Waals surface area contributed by atoms with E-state index in [9.17, 15) is 10.1 Å². The van der Waals surface area contributed by atoms with Gasteiger partial charge in [0.2, 0.25) is 0 Å². The lowest BCUT2D eigenvalue weighted by Gasteiger charge is -2.08. The summed E-state index contributed by atoms with van der Waals surface area (Å²) in [6.07, 6.45) is 1.25. The van der Waals surface area contributed by atoms with Gasteiger partial charge < -0.3 is 11.1 Å². The molecule has 1 fully saturated rings. The Bertz CT molecular complexity index is 420. The Kier molecular flexibility index (Phi) is 2.68. The minimum atomic E-state index is -0.441. The van der Waals surface area contributed by atoms with Crippen molar-refractivity contribution in [1.82, 2.24) is 0 Å². The molecule has 0 aliphatic heterocycles. The van der Waals surface area contributed by atoms with E-state index >= 15 is 0 Å². The normalized spacial score (nSPS) is 22.8. The number of hydrogen-bond acceptors (Lipinski definition) is 4. The van der Waals surface area contributed by atoms with Crippen molar-refractivity contribution in [2.75, 3.05) is 17.6 Å². The molecule has 0 amide bonds. The van der Waals surface area contributed by atoms with Crippen molar-refractivity contribution in [3.05, 3.63) is 28.3 Å². The summed E-state index contributed by atoms with van der Waals surface area (Å²) < 4.78 is 0. The number of hydrogen-bond donors (Lipinski definition) is 2. The van der Waals surface area contributed by atoms with Crippen LogP contribution in [0.25, 0.3) is 0 Å². The van der Waals surface area contributed by atoms with E-state index in [4.69, 9.17) is 5.73 Å². The number of nitrogen functional groups attached to an aromatic ring is 1. The van der Waals surface area contributed by atoms with E-state index in [2.05, 4.69) is 12.2 Å². The van der Waals surface area contributed by atoms with E-state index in [0.717, 1.165) is 24.1 Å². The summed E-state index contributed by atoms with van der Waals surface area (Å²) in [7, 11) is 0. The van der Waals surface area contributed by atoms with Gasteiger partial charge in [-0.2, -0.15) is 0 Å². The van der Waals surface area contributed by atoms with E-state index in [1.54, 1.807) is 6.07 Å². The molecule has 2 unspecified atom stereocenters. The molecular formula is C11H15N3O2. The molecule has 5 nitrogen and oxygen atoms in total. The molecule has 86 valence electrons. The zero-order chi connectivity index (χ0) is 11.7. The third-order valence-corrected chi connectivity index (χ3v) is 3.08. The Morgan fingerprint density at radius 2 is 2.31 bits per heavy atom. The van der Waals surface area contributed by atoms with E-state index in [1.807, 2.05) is 0 Å². The first-order valence-corrected chi connectivity index (χ1v) is 5.35. The minimum absolute atomic E-state index is 0.0304. The van der Waals surface area contributed by atoms with E-state index in [1.165, 1.54) is 18.6 Å². The highest BCUT2D eigenvalue weighted by molar-refractivity contribution is 5.69. The minimum Gasteiger partial charge on any atom is -0.397 e. The molecule has 0 saturated heterocycles. The third kappa shape index (κ3) is 2.24. The molecule has 2 atom stereocenters. The van der Waals surface area contributed by atoms with Gasteiger partial charge in [0.15, 0.2) is 0 Å². The van der Waals surface area contributed by atoms with Gasteiger partial charge in [-0.15, -0.1) is 0 Å². The number of non-ortho nitro benzene ring substituents is 1. The summed E-state index contributed by atoms with van der Waals surface area (Å²) in [6.45, 7) is 3.11. The molecule has 0 spiro atoms. The summed E-state index contributed by atoms with van der Waals surface area (Å²) in [5.41, 5.74) is 6.98. The molecule has 0 radical (unpaired) electrons. The largest absolute Gasteiger partial charge is 0.397 e. The fourth-order valence-electron chi connectivity index (χ4n) is 1.75. The Morgan fingerprint density at radius 1 is 1.62 bits per heavy atom. The van der Waals surface area contributed by atoms with Crippen LogP contribution in [-0.4, -0.2) is 11.5 Å². The van der Waals surface area contributed by atoms with Gasteiger partial charge in [0.05, 0.1) is 16.3 Å². The molecule has 1 saturated carbocycles. The first kappa shape index (κ1) is 10.7. The predicted octanol–water partition coefficient (Wildman–Crippen LogP) is 2.24. The smallest absolute Gasteiger partial charge is 0.271 e. The van der Waals surface area contributed by atoms with Crippen molar-refractivity contribution in [2.24, 2.45) is 11.8 Å². The number of nitrogens with two attached hydrogens (primary N) is 1. The van der Waals surface area contributed by atoms with Gasteiger partial charge in [0.25, 0.3) is 5.69 Å². The van der Waals surface area contributed by atoms with Crippen LogP contribution in [0.4, 0.5) is 17.1 Å². The molecule has 2 rings (SSSR count). The summed E-state index contributed by atoms with van der Waals surface area (Å²) >= 11 is 0. The van der Waals surface area contributed by atoms with Crippen LogP contribution in [0.3, 0.4) is 0 Å². The van der Waals surface area contributed by atoms with Crippen LogP contribution in [0.15, 0.2) is 18.2 Å². The van der Waals surface area contributed by atoms with Crippen LogP contribution in [-0.2, 0) is 0 Å². The second kappa shape index (κ2) is 4.00. The fraction of sp³-hybridized carbons (Fsp3) is 0.455. The van der Waals surface area contributed by atoms with Gasteiger partial charge in [-0.1, -0.05) is 6.92 Å². The highest BCUT2D eigenvalue weighted by Crippen LogP contribution is 2.38. The van der Waals surface area contributed by atoms with Crippen molar-refractivity contribution in [1.29, 1.82) is 0 Å². The van der Waals surface area contributed by atoms with Crippen molar-refractivity contribution < 1.29 is 4.92 Å². The van der Waals surface area contributed by atoms with Gasteiger partial charge in [0.1, 0.15) is 0 Å². The van der Waals surface area contributed by atoms with Crippen LogP contribution in [0.5, 0.6) is 0 Å². The number of nitro benzene ring substituents is 1. The first-order valence-electron chi connectivity index (χ1n) is 5.35. The highest BCUT2D eigenvalue weighted by atomic mass is 16.6. The maximum Gasteiger partial charge on any atom is 0.271 e. The molecule has 1 aromatic rings. The molecule has 0 aromatic heterocycles. The number of benzene rings is 1. The monoisotopic (exact) mass is 221 g/mol. The molecule has 0 heterocycles. The fourth-order valence-corrected chi connectivity index (χ4v) is 1.75. The topological polar surface area (TPSA) is 81.2 Å². The Balaban J connectivity index is 2.01. The zero-order valence-corrected chi connectivity index (χ0v) is 9.14. The Labute approximate surface area is 93.8 Å². The molecule has 5 heteroatoms. The predicted molar refractivity (Wildman–Crippen MR) is 63.3 cm³/mol. The van der Waals surface area contributed by atoms with Gasteiger partial charge in [-0.3, -0.25) is 10.1 Å². The second-order valence-electron chi connectivity index (χ2n) is 4.38. The summed E-state index contributed by atoms with van der Waals surface area (Å²) in [5.74, 6) is 1.50. The number of anilines is 2. The zero-order valence-electron chi connectivity index (χ0n) is 9.14. The van der Waals surface area contributed by atoms with E-state index in [-0.39, 0.29) is 5.69 Å². The summed E-state index contributed by atoms with van der Waals surface area (Å²) in [6, 6.07) is 4.52. The van der Waals surface area contributed by atoms with E-state index < -0.39 is 4.92 Å². The molecule has 3 N–H and O–H groups in total. The molecule has 0 bridgehead atoms. The van der Waals surface area contributed by atoms with Gasteiger partial charge in [-0.05, 0) is 24.3 Å². The van der Waals surface area contributed by atoms with Crippen molar-refractivity contribution in [3.8, 4) is 0 Å². The van der Waals surface area contributed by atoms with Crippen LogP contribution in [0.1, 0.15) is 13.3 Å². The molecule has 1 aliphatic rings. The number of rotatable bonds is 4. The van der Waals surface area contributed by atoms with Crippen LogP contribution in [0.2, 0.25) is 0 Å². The second-order valence-corrected chi connectivity index (χ2v) is 4.38. The standard InChI is InChI=1S/C11H15N3O2/c1-7-4-8(7)6-13-11-3-2-9(14(15)16)5-10(11)12/h2-3,5,7-8,13H,4,6,12H2,1H3. The highest BCUT2D eigenvalue weighted by Gasteiger charge is 2.31. The SMILES string of the molecule is CC1CC1CNc1ccc([N+](=O)[O-])cc1N. The molecule has 1 aliphatic carbocycles. The summed E-state index contributed by atoms with van der Waals surface area (Å²) in [5, 5.41) is 13.7. The molecule has 16 heavy (non-hydrogen) atoms. The maximum atomic E-state index is 10.5. The quantitative estimate of drug-likeness (QED) is 0.464. The average Bonchev–Trinajstić information content (AvgIpc) is 2.92. The van der Waals surface area contributed by atoms with Crippen molar-refractivity contribution in [3.63, 3.8) is 0 Å². The van der Waals surface area contributed by atoms with Crippen molar-refractivity contribution in [2.45, 2.75) is 13.3 Å². The lowest BCUT2D eigenvalue weighted by molar-refractivity contribution is -0.384.